The highest BCUT2D eigenvalue weighted by Gasteiger charge is 2.27. The lowest BCUT2D eigenvalue weighted by molar-refractivity contribution is -0.121. The summed E-state index contributed by atoms with van der Waals surface area (Å²) >= 11 is 3.32. The first-order chi connectivity index (χ1) is 14.3. The number of sulfonamides is 1. The van der Waals surface area contributed by atoms with Crippen LogP contribution in [0.25, 0.3) is 0 Å². The Hall–Kier alpha value is -2.07. The normalized spacial score (nSPS) is 15.2. The molecule has 1 saturated heterocycles. The minimum Gasteiger partial charge on any atom is -0.306 e. The average molecular weight is 493 g/mol. The molecule has 0 atom stereocenters. The smallest absolute Gasteiger partial charge is 0.255 e. The highest BCUT2D eigenvalue weighted by atomic mass is 79.9. The molecule has 1 aliphatic heterocycles. The number of hydrazone groups is 1. The number of nitrogens with one attached hydrogen (secondary N) is 1. The van der Waals surface area contributed by atoms with Crippen molar-refractivity contribution in [3.63, 3.8) is 0 Å². The van der Waals surface area contributed by atoms with Gasteiger partial charge in [-0.3, -0.25) is 4.79 Å². The Morgan fingerprint density at radius 3 is 2.37 bits per heavy atom. The number of carbonyl (C=O) groups excluding carboxylic acids is 1. The van der Waals surface area contributed by atoms with Crippen LogP contribution in [0.4, 0.5) is 0 Å². The summed E-state index contributed by atoms with van der Waals surface area (Å²) in [5, 5.41) is 4.21. The highest BCUT2D eigenvalue weighted by Crippen LogP contribution is 2.20. The zero-order chi connectivity index (χ0) is 21.6. The van der Waals surface area contributed by atoms with Gasteiger partial charge in [-0.05, 0) is 36.9 Å². The van der Waals surface area contributed by atoms with Crippen LogP contribution in [0.2, 0.25) is 0 Å². The molecule has 0 spiro atoms. The molecule has 7 nitrogen and oxygen atoms in total. The predicted octanol–water partition coefficient (Wildman–Crippen LogP) is 2.84. The van der Waals surface area contributed by atoms with Crippen LogP contribution < -0.4 is 5.43 Å². The van der Waals surface area contributed by atoms with Crippen LogP contribution in [0.1, 0.15) is 18.4 Å². The summed E-state index contributed by atoms with van der Waals surface area (Å²) in [6.45, 7) is 1.57. The molecule has 0 aromatic heterocycles. The van der Waals surface area contributed by atoms with Crippen LogP contribution in [0.15, 0.2) is 69.1 Å². The number of likely N-dealkylation sites (tertiary alicyclic amines) is 1. The Kier molecular flexibility index (Phi) is 7.76. The minimum absolute atomic E-state index is 0.0913. The summed E-state index contributed by atoms with van der Waals surface area (Å²) in [5.74, 6) is -0.460. The molecule has 1 heterocycles. The van der Waals surface area contributed by atoms with Crippen molar-refractivity contribution in [3.05, 3.63) is 64.6 Å². The maximum Gasteiger partial charge on any atom is 0.255 e. The van der Waals surface area contributed by atoms with Gasteiger partial charge in [-0.1, -0.05) is 46.3 Å². The van der Waals surface area contributed by atoms with Crippen molar-refractivity contribution in [2.24, 2.45) is 5.10 Å². The van der Waals surface area contributed by atoms with Crippen molar-refractivity contribution in [3.8, 4) is 0 Å². The summed E-state index contributed by atoms with van der Waals surface area (Å²) in [6.07, 6.45) is 1.59. The molecule has 160 valence electrons. The van der Waals surface area contributed by atoms with Gasteiger partial charge in [0.1, 0.15) is 0 Å². The second kappa shape index (κ2) is 10.3. The maximum absolute atomic E-state index is 13.2. The van der Waals surface area contributed by atoms with Gasteiger partial charge in [0.15, 0.2) is 0 Å². The monoisotopic (exact) mass is 492 g/mol. The number of hydrogen-bond acceptors (Lipinski definition) is 5. The second-order valence-electron chi connectivity index (χ2n) is 7.23. The third kappa shape index (κ3) is 6.21. The molecule has 1 amide bonds. The largest absolute Gasteiger partial charge is 0.306 e. The summed E-state index contributed by atoms with van der Waals surface area (Å²) in [5.41, 5.74) is 4.25. The van der Waals surface area contributed by atoms with E-state index in [0.717, 1.165) is 41.7 Å². The molecule has 3 rings (SSSR count). The first kappa shape index (κ1) is 22.6. The molecule has 30 heavy (non-hydrogen) atoms. The number of halogens is 1. The zero-order valence-corrected chi connectivity index (χ0v) is 19.2. The molecule has 2 aromatic rings. The summed E-state index contributed by atoms with van der Waals surface area (Å²) < 4.78 is 28.4. The molecule has 0 bridgehead atoms. The topological polar surface area (TPSA) is 82.1 Å². The van der Waals surface area contributed by atoms with Gasteiger partial charge in [-0.2, -0.15) is 9.41 Å². The van der Waals surface area contributed by atoms with Crippen molar-refractivity contribution in [1.82, 2.24) is 14.6 Å². The van der Waals surface area contributed by atoms with Gasteiger partial charge in [0.05, 0.1) is 11.4 Å². The number of benzene rings is 2. The lowest BCUT2D eigenvalue weighted by Crippen LogP contribution is -2.39. The first-order valence-corrected chi connectivity index (χ1v) is 11.9. The first-order valence-electron chi connectivity index (χ1n) is 9.67. The van der Waals surface area contributed by atoms with E-state index < -0.39 is 15.9 Å². The van der Waals surface area contributed by atoms with Crippen LogP contribution in [0.3, 0.4) is 0 Å². The summed E-state index contributed by atoms with van der Waals surface area (Å²) in [7, 11) is -1.82. The van der Waals surface area contributed by atoms with E-state index in [-0.39, 0.29) is 18.0 Å². The van der Waals surface area contributed by atoms with Crippen LogP contribution in [0, 0.1) is 0 Å². The van der Waals surface area contributed by atoms with E-state index >= 15 is 0 Å². The molecule has 2 aromatic carbocycles. The number of nitrogens with zero attached hydrogens (tertiary/aromatic N) is 3. The number of carbonyl (C=O) groups is 1. The molecule has 9 heteroatoms. The molecular formula is C21H25BrN4O3S. The number of rotatable bonds is 7. The lowest BCUT2D eigenvalue weighted by atomic mass is 10.1. The van der Waals surface area contributed by atoms with E-state index in [1.54, 1.807) is 12.1 Å². The van der Waals surface area contributed by atoms with Crippen LogP contribution in [-0.2, 0) is 21.4 Å². The molecule has 1 fully saturated rings. The third-order valence-corrected chi connectivity index (χ3v) is 7.21. The quantitative estimate of drug-likeness (QED) is 0.602. The summed E-state index contributed by atoms with van der Waals surface area (Å²) in [6, 6.07) is 15.6. The SMILES string of the molecule is CN1CCC(=NNC(=O)CN(Cc2ccccc2)S(=O)(=O)c2ccc(Br)cc2)CC1. The Bertz CT molecular complexity index is 985. The van der Waals surface area contributed by atoms with Gasteiger partial charge in [0, 0.05) is 42.7 Å². The van der Waals surface area contributed by atoms with Gasteiger partial charge < -0.3 is 4.90 Å². The molecule has 0 unspecified atom stereocenters. The number of amides is 1. The van der Waals surface area contributed by atoms with Gasteiger partial charge in [0.25, 0.3) is 5.91 Å². The molecule has 1 N–H and O–H groups in total. The van der Waals surface area contributed by atoms with Gasteiger partial charge in [-0.25, -0.2) is 13.8 Å². The maximum atomic E-state index is 13.2. The molecule has 0 aliphatic carbocycles. The Morgan fingerprint density at radius 1 is 1.10 bits per heavy atom. The van der Waals surface area contributed by atoms with Gasteiger partial charge >= 0.3 is 0 Å². The van der Waals surface area contributed by atoms with Crippen LogP contribution in [-0.4, -0.2) is 55.9 Å². The van der Waals surface area contributed by atoms with E-state index in [0.29, 0.717) is 0 Å². The van der Waals surface area contributed by atoms with Crippen molar-refractivity contribution in [1.29, 1.82) is 0 Å². The molecule has 0 radical (unpaired) electrons. The number of piperidine rings is 1. The van der Waals surface area contributed by atoms with E-state index in [2.05, 4.69) is 31.4 Å². The second-order valence-corrected chi connectivity index (χ2v) is 10.1. The Balaban J connectivity index is 1.76. The van der Waals surface area contributed by atoms with E-state index in [4.69, 9.17) is 0 Å². The third-order valence-electron chi connectivity index (χ3n) is 4.88. The van der Waals surface area contributed by atoms with Gasteiger partial charge in [0.2, 0.25) is 10.0 Å². The zero-order valence-electron chi connectivity index (χ0n) is 16.8. The van der Waals surface area contributed by atoms with Gasteiger partial charge in [-0.15, -0.1) is 0 Å². The van der Waals surface area contributed by atoms with Crippen molar-refractivity contribution >= 4 is 37.6 Å². The fourth-order valence-corrected chi connectivity index (χ4v) is 4.74. The number of hydrogen-bond donors (Lipinski definition) is 1. The lowest BCUT2D eigenvalue weighted by Gasteiger charge is -2.23. The van der Waals surface area contributed by atoms with Crippen LogP contribution >= 0.6 is 15.9 Å². The predicted molar refractivity (Wildman–Crippen MR) is 120 cm³/mol. The standard InChI is InChI=1S/C21H25BrN4O3S/c1-25-13-11-19(12-14-25)23-24-21(27)16-26(15-17-5-3-2-4-6-17)30(28,29)20-9-7-18(22)8-10-20/h2-10H,11-16H2,1H3,(H,24,27). The van der Waals surface area contributed by atoms with E-state index in [1.807, 2.05) is 37.4 Å². The summed E-state index contributed by atoms with van der Waals surface area (Å²) in [4.78, 5) is 14.9. The molecule has 0 saturated carbocycles. The van der Waals surface area contributed by atoms with E-state index in [1.165, 1.54) is 16.4 Å². The van der Waals surface area contributed by atoms with Crippen molar-refractivity contribution < 1.29 is 13.2 Å². The van der Waals surface area contributed by atoms with E-state index in [9.17, 15) is 13.2 Å². The fraction of sp³-hybridized carbons (Fsp3) is 0.333. The highest BCUT2D eigenvalue weighted by molar-refractivity contribution is 9.10. The van der Waals surface area contributed by atoms with Crippen molar-refractivity contribution in [2.75, 3.05) is 26.7 Å². The Morgan fingerprint density at radius 2 is 1.73 bits per heavy atom. The van der Waals surface area contributed by atoms with Crippen LogP contribution in [0.5, 0.6) is 0 Å². The van der Waals surface area contributed by atoms with Crippen molar-refractivity contribution in [2.45, 2.75) is 24.3 Å². The molecular weight excluding hydrogens is 468 g/mol. The fourth-order valence-electron chi connectivity index (χ4n) is 3.09. The average Bonchev–Trinajstić information content (AvgIpc) is 2.74. The minimum atomic E-state index is -3.87. The Labute approximate surface area is 185 Å². The molecule has 1 aliphatic rings.